The van der Waals surface area contributed by atoms with Crippen molar-refractivity contribution in [2.45, 2.75) is 6.92 Å². The first-order valence-electron chi connectivity index (χ1n) is 5.72. The summed E-state index contributed by atoms with van der Waals surface area (Å²) in [6.07, 6.45) is 2.73. The quantitative estimate of drug-likeness (QED) is 0.915. The Morgan fingerprint density at radius 3 is 2.75 bits per heavy atom. The summed E-state index contributed by atoms with van der Waals surface area (Å²) in [5, 5.41) is 18.3. The third-order valence-electron chi connectivity index (χ3n) is 2.78. The topological polar surface area (TPSA) is 96.1 Å². The Hall–Kier alpha value is -2.94. The predicted octanol–water partition coefficient (Wildman–Crippen LogP) is 2.03. The van der Waals surface area contributed by atoms with Crippen LogP contribution in [0.5, 0.6) is 5.75 Å². The predicted molar refractivity (Wildman–Crippen MR) is 70.4 cm³/mol. The second kappa shape index (κ2) is 5.36. The van der Waals surface area contributed by atoms with Gasteiger partial charge in [0, 0.05) is 29.2 Å². The summed E-state index contributed by atoms with van der Waals surface area (Å²) in [7, 11) is 1.41. The average molecular weight is 269 g/mol. The van der Waals surface area contributed by atoms with Crippen LogP contribution >= 0.6 is 0 Å². The lowest BCUT2D eigenvalue weighted by Crippen LogP contribution is -2.03. The number of nitriles is 1. The van der Waals surface area contributed by atoms with Gasteiger partial charge in [0.25, 0.3) is 0 Å². The van der Waals surface area contributed by atoms with E-state index < -0.39 is 5.97 Å². The van der Waals surface area contributed by atoms with Gasteiger partial charge in [-0.25, -0.2) is 9.78 Å². The molecule has 0 radical (unpaired) electrons. The van der Waals surface area contributed by atoms with Crippen molar-refractivity contribution in [2.24, 2.45) is 0 Å². The molecule has 0 aliphatic rings. The number of carboxylic acid groups (broad SMARTS) is 1. The summed E-state index contributed by atoms with van der Waals surface area (Å²) in [6.45, 7) is 1.76. The first kappa shape index (κ1) is 13.5. The monoisotopic (exact) mass is 269 g/mol. The van der Waals surface area contributed by atoms with Crippen molar-refractivity contribution in [3.8, 4) is 22.9 Å². The smallest absolute Gasteiger partial charge is 0.337 e. The number of aryl methyl sites for hydroxylation is 1. The first-order valence-corrected chi connectivity index (χ1v) is 5.72. The molecule has 1 N–H and O–H groups in total. The second-order valence-corrected chi connectivity index (χ2v) is 4.03. The zero-order valence-corrected chi connectivity index (χ0v) is 10.9. The van der Waals surface area contributed by atoms with E-state index in [-0.39, 0.29) is 17.0 Å². The van der Waals surface area contributed by atoms with Gasteiger partial charge >= 0.3 is 5.97 Å². The van der Waals surface area contributed by atoms with Crippen LogP contribution in [-0.2, 0) is 0 Å². The van der Waals surface area contributed by atoms with E-state index in [1.807, 2.05) is 6.07 Å². The van der Waals surface area contributed by atoms with Crippen LogP contribution in [0.4, 0.5) is 0 Å². The van der Waals surface area contributed by atoms with Crippen LogP contribution in [0.1, 0.15) is 21.7 Å². The molecule has 0 unspecified atom stereocenters. The number of methoxy groups -OCH3 is 1. The fourth-order valence-electron chi connectivity index (χ4n) is 1.90. The fraction of sp³-hybridized carbons (Fsp3) is 0.143. The molecule has 6 nitrogen and oxygen atoms in total. The highest BCUT2D eigenvalue weighted by molar-refractivity contribution is 5.96. The number of carbonyl (C=O) groups is 1. The van der Waals surface area contributed by atoms with Crippen molar-refractivity contribution in [1.82, 2.24) is 9.97 Å². The molecule has 0 spiro atoms. The Balaban J connectivity index is 2.78. The molecular weight excluding hydrogens is 258 g/mol. The largest absolute Gasteiger partial charge is 0.493 e. The number of hydrogen-bond donors (Lipinski definition) is 1. The molecule has 0 saturated heterocycles. The highest BCUT2D eigenvalue weighted by Gasteiger charge is 2.18. The van der Waals surface area contributed by atoms with Gasteiger partial charge in [0.2, 0.25) is 0 Å². The van der Waals surface area contributed by atoms with Crippen molar-refractivity contribution < 1.29 is 14.6 Å². The van der Waals surface area contributed by atoms with E-state index in [0.717, 1.165) is 0 Å². The Morgan fingerprint density at radius 2 is 2.15 bits per heavy atom. The molecule has 0 bridgehead atoms. The lowest BCUT2D eigenvalue weighted by molar-refractivity contribution is 0.0697. The third-order valence-corrected chi connectivity index (χ3v) is 2.78. The molecule has 2 aromatic heterocycles. The highest BCUT2D eigenvalue weighted by atomic mass is 16.5. The van der Waals surface area contributed by atoms with Crippen LogP contribution in [-0.4, -0.2) is 28.2 Å². The second-order valence-electron chi connectivity index (χ2n) is 4.03. The van der Waals surface area contributed by atoms with Gasteiger partial charge in [-0.15, -0.1) is 0 Å². The van der Waals surface area contributed by atoms with Crippen LogP contribution in [0.15, 0.2) is 24.5 Å². The molecule has 0 saturated carbocycles. The number of carboxylic acids is 1. The third kappa shape index (κ3) is 2.29. The van der Waals surface area contributed by atoms with Crippen LogP contribution in [0.3, 0.4) is 0 Å². The van der Waals surface area contributed by atoms with E-state index in [9.17, 15) is 9.90 Å². The number of aromatic nitrogens is 2. The molecule has 0 aromatic carbocycles. The summed E-state index contributed by atoms with van der Waals surface area (Å²) < 4.78 is 5.20. The summed E-state index contributed by atoms with van der Waals surface area (Å²) in [5.74, 6) is -0.840. The van der Waals surface area contributed by atoms with Gasteiger partial charge in [-0.2, -0.15) is 5.26 Å². The maximum atomic E-state index is 11.3. The van der Waals surface area contributed by atoms with Crippen molar-refractivity contribution in [3.63, 3.8) is 0 Å². The van der Waals surface area contributed by atoms with E-state index in [4.69, 9.17) is 10.00 Å². The van der Waals surface area contributed by atoms with Crippen LogP contribution in [0, 0.1) is 18.3 Å². The van der Waals surface area contributed by atoms with E-state index in [1.165, 1.54) is 19.5 Å². The number of pyridine rings is 2. The molecule has 2 aromatic rings. The Labute approximate surface area is 115 Å². The summed E-state index contributed by atoms with van der Waals surface area (Å²) in [5.41, 5.74) is 1.77. The minimum absolute atomic E-state index is 0.0454. The fourth-order valence-corrected chi connectivity index (χ4v) is 1.90. The van der Waals surface area contributed by atoms with Crippen molar-refractivity contribution in [1.29, 1.82) is 5.26 Å². The van der Waals surface area contributed by atoms with Crippen molar-refractivity contribution in [3.05, 3.63) is 41.5 Å². The van der Waals surface area contributed by atoms with Crippen molar-refractivity contribution in [2.75, 3.05) is 7.11 Å². The first-order chi connectivity index (χ1) is 9.58. The summed E-state index contributed by atoms with van der Waals surface area (Å²) >= 11 is 0. The number of hydrogen-bond acceptors (Lipinski definition) is 5. The number of ether oxygens (including phenoxy) is 1. The van der Waals surface area contributed by atoms with Gasteiger partial charge < -0.3 is 9.84 Å². The Morgan fingerprint density at radius 1 is 1.40 bits per heavy atom. The van der Waals surface area contributed by atoms with Crippen molar-refractivity contribution >= 4 is 5.97 Å². The minimum Gasteiger partial charge on any atom is -0.493 e. The van der Waals surface area contributed by atoms with Gasteiger partial charge in [-0.05, 0) is 19.1 Å². The normalized spacial score (nSPS) is 9.85. The van der Waals surface area contributed by atoms with Gasteiger partial charge in [-0.3, -0.25) is 4.98 Å². The molecular formula is C14H11N3O3. The summed E-state index contributed by atoms with van der Waals surface area (Å²) in [4.78, 5) is 19.2. The van der Waals surface area contributed by atoms with E-state index in [2.05, 4.69) is 9.97 Å². The van der Waals surface area contributed by atoms with Crippen LogP contribution < -0.4 is 4.74 Å². The van der Waals surface area contributed by atoms with E-state index in [0.29, 0.717) is 16.8 Å². The van der Waals surface area contributed by atoms with E-state index in [1.54, 1.807) is 19.1 Å². The summed E-state index contributed by atoms with van der Waals surface area (Å²) in [6, 6.07) is 5.17. The Kier molecular flexibility index (Phi) is 3.62. The van der Waals surface area contributed by atoms with Gasteiger partial charge in [0.05, 0.1) is 12.7 Å². The maximum absolute atomic E-state index is 11.3. The molecule has 20 heavy (non-hydrogen) atoms. The van der Waals surface area contributed by atoms with Crippen LogP contribution in [0.25, 0.3) is 11.1 Å². The molecule has 0 atom stereocenters. The molecule has 2 heterocycles. The SMILES string of the molecule is COc1c(-c2cc(C)ncc2C(=O)O)ccnc1C#N. The molecule has 0 aliphatic carbocycles. The lowest BCUT2D eigenvalue weighted by atomic mass is 10.00. The number of nitrogens with zero attached hydrogens (tertiary/aromatic N) is 3. The zero-order valence-electron chi connectivity index (χ0n) is 10.9. The standard InChI is InChI=1S/C14H11N3O3/c1-8-5-10(11(7-17-8)14(18)19)9-3-4-16-12(6-15)13(9)20-2/h3-5,7H,1-2H3,(H,18,19). The molecule has 6 heteroatoms. The van der Waals surface area contributed by atoms with Gasteiger partial charge in [0.15, 0.2) is 11.4 Å². The zero-order chi connectivity index (χ0) is 14.7. The molecule has 2 rings (SSSR count). The van der Waals surface area contributed by atoms with Gasteiger partial charge in [0.1, 0.15) is 6.07 Å². The van der Waals surface area contributed by atoms with E-state index >= 15 is 0 Å². The minimum atomic E-state index is -1.09. The highest BCUT2D eigenvalue weighted by Crippen LogP contribution is 2.33. The maximum Gasteiger partial charge on any atom is 0.337 e. The average Bonchev–Trinajstić information content (AvgIpc) is 2.45. The Bertz CT molecular complexity index is 720. The molecule has 100 valence electrons. The molecule has 0 aliphatic heterocycles. The molecule has 0 amide bonds. The number of aromatic carboxylic acids is 1. The van der Waals surface area contributed by atoms with Crippen LogP contribution in [0.2, 0.25) is 0 Å². The molecule has 0 fully saturated rings. The van der Waals surface area contributed by atoms with Gasteiger partial charge in [-0.1, -0.05) is 0 Å². The lowest BCUT2D eigenvalue weighted by Gasteiger charge is -2.12. The number of rotatable bonds is 3.